The van der Waals surface area contributed by atoms with Crippen molar-refractivity contribution in [3.63, 3.8) is 0 Å². The largest absolute Gasteiger partial charge is 0.496 e. The third kappa shape index (κ3) is 2.22. The molecule has 0 N–H and O–H groups in total. The van der Waals surface area contributed by atoms with Crippen LogP contribution in [0.3, 0.4) is 0 Å². The molecular formula is C11H13NO. The van der Waals surface area contributed by atoms with Crippen molar-refractivity contribution in [2.24, 2.45) is 0 Å². The van der Waals surface area contributed by atoms with Crippen molar-refractivity contribution < 1.29 is 4.74 Å². The number of rotatable bonds is 3. The van der Waals surface area contributed by atoms with E-state index in [1.165, 1.54) is 0 Å². The first kappa shape index (κ1) is 9.60. The maximum absolute atomic E-state index is 8.53. The Bertz CT molecular complexity index is 325. The van der Waals surface area contributed by atoms with Crippen molar-refractivity contribution in [1.29, 1.82) is 5.26 Å². The fourth-order valence-electron chi connectivity index (χ4n) is 1.31. The van der Waals surface area contributed by atoms with Crippen LogP contribution in [0.4, 0.5) is 0 Å². The van der Waals surface area contributed by atoms with E-state index in [1.54, 1.807) is 7.11 Å². The number of nitriles is 1. The second kappa shape index (κ2) is 4.51. The molecule has 1 aromatic carbocycles. The topological polar surface area (TPSA) is 33.0 Å². The van der Waals surface area contributed by atoms with Gasteiger partial charge >= 0.3 is 0 Å². The summed E-state index contributed by atoms with van der Waals surface area (Å²) in [7, 11) is 1.67. The molecule has 1 rings (SSSR count). The van der Waals surface area contributed by atoms with E-state index in [-0.39, 0.29) is 0 Å². The van der Waals surface area contributed by atoms with E-state index in [0.717, 1.165) is 23.3 Å². The molecule has 0 aliphatic carbocycles. The molecule has 68 valence electrons. The molecule has 0 saturated heterocycles. The Morgan fingerprint density at radius 3 is 2.77 bits per heavy atom. The highest BCUT2D eigenvalue weighted by Gasteiger charge is 2.01. The Balaban J connectivity index is 3.00. The molecule has 1 aromatic rings. The van der Waals surface area contributed by atoms with Crippen LogP contribution < -0.4 is 4.74 Å². The molecule has 13 heavy (non-hydrogen) atoms. The van der Waals surface area contributed by atoms with E-state index in [2.05, 4.69) is 13.0 Å². The Hall–Kier alpha value is -1.49. The Kier molecular flexibility index (Phi) is 3.33. The SMILES string of the molecule is CCc1cc(CC#N)ccc1OC. The summed E-state index contributed by atoms with van der Waals surface area (Å²) in [5, 5.41) is 8.53. The highest BCUT2D eigenvalue weighted by atomic mass is 16.5. The van der Waals surface area contributed by atoms with Crippen LogP contribution in [-0.2, 0) is 12.8 Å². The first-order valence-electron chi connectivity index (χ1n) is 4.34. The van der Waals surface area contributed by atoms with E-state index in [9.17, 15) is 0 Å². The summed E-state index contributed by atoms with van der Waals surface area (Å²) in [6, 6.07) is 8.02. The number of benzene rings is 1. The molecule has 0 fully saturated rings. The first-order valence-corrected chi connectivity index (χ1v) is 4.34. The minimum Gasteiger partial charge on any atom is -0.496 e. The van der Waals surface area contributed by atoms with Gasteiger partial charge in [-0.3, -0.25) is 0 Å². The van der Waals surface area contributed by atoms with Gasteiger partial charge in [-0.25, -0.2) is 0 Å². The van der Waals surface area contributed by atoms with Gasteiger partial charge in [0.05, 0.1) is 19.6 Å². The summed E-state index contributed by atoms with van der Waals surface area (Å²) in [5.41, 5.74) is 2.22. The van der Waals surface area contributed by atoms with Gasteiger partial charge in [0.25, 0.3) is 0 Å². The Labute approximate surface area is 78.8 Å². The van der Waals surface area contributed by atoms with Crippen molar-refractivity contribution in [3.8, 4) is 11.8 Å². The molecule has 0 aliphatic heterocycles. The van der Waals surface area contributed by atoms with E-state index >= 15 is 0 Å². The number of aryl methyl sites for hydroxylation is 1. The van der Waals surface area contributed by atoms with Crippen LogP contribution >= 0.6 is 0 Å². The average molecular weight is 175 g/mol. The second-order valence-electron chi connectivity index (χ2n) is 2.83. The first-order chi connectivity index (χ1) is 6.31. The van der Waals surface area contributed by atoms with E-state index in [1.807, 2.05) is 18.2 Å². The number of hydrogen-bond donors (Lipinski definition) is 0. The minimum absolute atomic E-state index is 0.469. The van der Waals surface area contributed by atoms with Gasteiger partial charge in [0.15, 0.2) is 0 Å². The summed E-state index contributed by atoms with van der Waals surface area (Å²) in [4.78, 5) is 0. The molecule has 0 amide bonds. The van der Waals surface area contributed by atoms with Crippen molar-refractivity contribution in [3.05, 3.63) is 29.3 Å². The van der Waals surface area contributed by atoms with Gasteiger partial charge in [-0.2, -0.15) is 5.26 Å². The van der Waals surface area contributed by atoms with Gasteiger partial charge in [-0.15, -0.1) is 0 Å². The zero-order valence-electron chi connectivity index (χ0n) is 8.00. The highest BCUT2D eigenvalue weighted by Crippen LogP contribution is 2.20. The molecule has 2 nitrogen and oxygen atoms in total. The van der Waals surface area contributed by atoms with Gasteiger partial charge in [-0.1, -0.05) is 19.1 Å². The standard InChI is InChI=1S/C11H13NO/c1-3-10-8-9(6-7-12)4-5-11(10)13-2/h4-5,8H,3,6H2,1-2H3. The molecule has 0 aliphatic rings. The quantitative estimate of drug-likeness (QED) is 0.706. The van der Waals surface area contributed by atoms with Crippen LogP contribution in [0.1, 0.15) is 18.1 Å². The lowest BCUT2D eigenvalue weighted by atomic mass is 10.1. The van der Waals surface area contributed by atoms with Gasteiger partial charge in [-0.05, 0) is 23.6 Å². The van der Waals surface area contributed by atoms with Gasteiger partial charge in [0.1, 0.15) is 5.75 Å². The second-order valence-corrected chi connectivity index (χ2v) is 2.83. The number of methoxy groups -OCH3 is 1. The van der Waals surface area contributed by atoms with E-state index in [4.69, 9.17) is 10.00 Å². The van der Waals surface area contributed by atoms with E-state index in [0.29, 0.717) is 6.42 Å². The van der Waals surface area contributed by atoms with Crippen molar-refractivity contribution >= 4 is 0 Å². The predicted octanol–water partition coefficient (Wildman–Crippen LogP) is 2.32. The van der Waals surface area contributed by atoms with Crippen LogP contribution in [-0.4, -0.2) is 7.11 Å². The summed E-state index contributed by atoms with van der Waals surface area (Å²) in [6.07, 6.45) is 1.40. The zero-order chi connectivity index (χ0) is 9.68. The molecule has 0 unspecified atom stereocenters. The minimum atomic E-state index is 0.469. The zero-order valence-corrected chi connectivity index (χ0v) is 8.00. The lowest BCUT2D eigenvalue weighted by Crippen LogP contribution is -1.92. The molecule has 0 radical (unpaired) electrons. The van der Waals surface area contributed by atoms with Crippen LogP contribution in [0.2, 0.25) is 0 Å². The Morgan fingerprint density at radius 2 is 2.23 bits per heavy atom. The fraction of sp³-hybridized carbons (Fsp3) is 0.364. The molecule has 0 atom stereocenters. The van der Waals surface area contributed by atoms with E-state index < -0.39 is 0 Å². The molecule has 0 aromatic heterocycles. The predicted molar refractivity (Wildman–Crippen MR) is 51.7 cm³/mol. The maximum atomic E-state index is 8.53. The maximum Gasteiger partial charge on any atom is 0.122 e. The summed E-state index contributed by atoms with van der Waals surface area (Å²) in [6.45, 7) is 2.08. The molecule has 0 bridgehead atoms. The average Bonchev–Trinajstić information content (AvgIpc) is 2.18. The highest BCUT2D eigenvalue weighted by molar-refractivity contribution is 5.38. The summed E-state index contributed by atoms with van der Waals surface area (Å²) >= 11 is 0. The van der Waals surface area contributed by atoms with Crippen molar-refractivity contribution in [2.45, 2.75) is 19.8 Å². The molecule has 0 saturated carbocycles. The van der Waals surface area contributed by atoms with Crippen molar-refractivity contribution in [2.75, 3.05) is 7.11 Å². The summed E-state index contributed by atoms with van der Waals surface area (Å²) in [5.74, 6) is 0.907. The monoisotopic (exact) mass is 175 g/mol. The summed E-state index contributed by atoms with van der Waals surface area (Å²) < 4.78 is 5.19. The lowest BCUT2D eigenvalue weighted by Gasteiger charge is -2.07. The lowest BCUT2D eigenvalue weighted by molar-refractivity contribution is 0.410. The smallest absolute Gasteiger partial charge is 0.122 e. The molecule has 0 heterocycles. The van der Waals surface area contributed by atoms with Gasteiger partial charge in [0, 0.05) is 0 Å². The third-order valence-electron chi connectivity index (χ3n) is 2.01. The van der Waals surface area contributed by atoms with Crippen molar-refractivity contribution in [1.82, 2.24) is 0 Å². The number of hydrogen-bond acceptors (Lipinski definition) is 2. The molecule has 2 heteroatoms. The van der Waals surface area contributed by atoms with Gasteiger partial charge in [0.2, 0.25) is 0 Å². The third-order valence-corrected chi connectivity index (χ3v) is 2.01. The van der Waals surface area contributed by atoms with Crippen LogP contribution in [0, 0.1) is 11.3 Å². The van der Waals surface area contributed by atoms with Crippen LogP contribution in [0.25, 0.3) is 0 Å². The fourth-order valence-corrected chi connectivity index (χ4v) is 1.31. The molecular weight excluding hydrogens is 162 g/mol. The van der Waals surface area contributed by atoms with Gasteiger partial charge < -0.3 is 4.74 Å². The number of ether oxygens (including phenoxy) is 1. The number of nitrogens with zero attached hydrogens (tertiary/aromatic N) is 1. The normalized spacial score (nSPS) is 9.31. The molecule has 0 spiro atoms. The van der Waals surface area contributed by atoms with Crippen LogP contribution in [0.5, 0.6) is 5.75 Å². The Morgan fingerprint density at radius 1 is 1.46 bits per heavy atom. The van der Waals surface area contributed by atoms with Crippen LogP contribution in [0.15, 0.2) is 18.2 Å².